The van der Waals surface area contributed by atoms with Crippen molar-refractivity contribution < 1.29 is 4.74 Å². The van der Waals surface area contributed by atoms with Crippen LogP contribution in [0.3, 0.4) is 0 Å². The molecule has 5 nitrogen and oxygen atoms in total. The van der Waals surface area contributed by atoms with E-state index in [0.717, 1.165) is 25.6 Å². The Balaban J connectivity index is 0. The third-order valence-corrected chi connectivity index (χ3v) is 3.00. The lowest BCUT2D eigenvalue weighted by Crippen LogP contribution is -2.47. The standard InChI is InChI=1S/C15H34N4O.HI/c1-14(2,3)12(20-8)11-18-13(16-7)17-9-10-19-15(4,5)6;/h12,19H,9-11H2,1-8H3,(H2,16,17,18);1H. The van der Waals surface area contributed by atoms with Gasteiger partial charge in [-0.15, -0.1) is 24.0 Å². The first-order chi connectivity index (χ1) is 9.10. The number of ether oxygens (including phenoxy) is 1. The highest BCUT2D eigenvalue weighted by atomic mass is 127. The van der Waals surface area contributed by atoms with E-state index in [0.29, 0.717) is 0 Å². The molecule has 0 radical (unpaired) electrons. The molecule has 0 bridgehead atoms. The number of rotatable bonds is 6. The van der Waals surface area contributed by atoms with Gasteiger partial charge in [-0.2, -0.15) is 0 Å². The zero-order chi connectivity index (χ0) is 15.8. The molecule has 0 aliphatic carbocycles. The van der Waals surface area contributed by atoms with E-state index in [1.54, 1.807) is 14.2 Å². The zero-order valence-corrected chi connectivity index (χ0v) is 17.3. The SMILES string of the molecule is CN=C(NCCNC(C)(C)C)NCC(OC)C(C)(C)C.I. The lowest BCUT2D eigenvalue weighted by molar-refractivity contribution is 0.0205. The van der Waals surface area contributed by atoms with Crippen molar-refractivity contribution in [1.82, 2.24) is 16.0 Å². The van der Waals surface area contributed by atoms with Crippen LogP contribution in [0.15, 0.2) is 4.99 Å². The summed E-state index contributed by atoms with van der Waals surface area (Å²) < 4.78 is 5.52. The molecule has 0 aliphatic rings. The van der Waals surface area contributed by atoms with E-state index in [9.17, 15) is 0 Å². The second-order valence-electron chi connectivity index (χ2n) is 7.15. The summed E-state index contributed by atoms with van der Waals surface area (Å²) in [5.41, 5.74) is 0.250. The van der Waals surface area contributed by atoms with Crippen LogP contribution in [0.2, 0.25) is 0 Å². The van der Waals surface area contributed by atoms with E-state index < -0.39 is 0 Å². The van der Waals surface area contributed by atoms with Crippen molar-refractivity contribution in [3.63, 3.8) is 0 Å². The summed E-state index contributed by atoms with van der Waals surface area (Å²) in [6.07, 6.45) is 0.147. The first-order valence-electron chi connectivity index (χ1n) is 7.32. The van der Waals surface area contributed by atoms with Crippen molar-refractivity contribution in [3.05, 3.63) is 0 Å². The van der Waals surface area contributed by atoms with E-state index in [2.05, 4.69) is 62.5 Å². The maximum Gasteiger partial charge on any atom is 0.191 e. The molecule has 0 amide bonds. The molecule has 0 aromatic rings. The summed E-state index contributed by atoms with van der Waals surface area (Å²) in [6.45, 7) is 15.5. The van der Waals surface area contributed by atoms with Gasteiger partial charge in [-0.3, -0.25) is 4.99 Å². The monoisotopic (exact) mass is 414 g/mol. The zero-order valence-electron chi connectivity index (χ0n) is 15.0. The molecule has 6 heteroatoms. The van der Waals surface area contributed by atoms with Crippen LogP contribution < -0.4 is 16.0 Å². The average Bonchev–Trinajstić information content (AvgIpc) is 2.29. The van der Waals surface area contributed by atoms with Crippen molar-refractivity contribution in [2.24, 2.45) is 10.4 Å². The minimum absolute atomic E-state index is 0. The van der Waals surface area contributed by atoms with Crippen molar-refractivity contribution in [3.8, 4) is 0 Å². The summed E-state index contributed by atoms with van der Waals surface area (Å²) in [4.78, 5) is 4.22. The van der Waals surface area contributed by atoms with Gasteiger partial charge in [0, 0.05) is 39.3 Å². The summed E-state index contributed by atoms with van der Waals surface area (Å²) in [6, 6.07) is 0. The lowest BCUT2D eigenvalue weighted by atomic mass is 9.89. The third-order valence-electron chi connectivity index (χ3n) is 3.00. The highest BCUT2D eigenvalue weighted by Gasteiger charge is 2.24. The molecule has 0 heterocycles. The fourth-order valence-corrected chi connectivity index (χ4v) is 1.77. The topological polar surface area (TPSA) is 57.7 Å². The Morgan fingerprint density at radius 3 is 2.00 bits per heavy atom. The maximum atomic E-state index is 5.52. The van der Waals surface area contributed by atoms with E-state index in [-0.39, 0.29) is 41.0 Å². The van der Waals surface area contributed by atoms with E-state index in [4.69, 9.17) is 4.74 Å². The minimum Gasteiger partial charge on any atom is -0.379 e. The molecule has 1 unspecified atom stereocenters. The molecule has 1 atom stereocenters. The molecule has 3 N–H and O–H groups in total. The summed E-state index contributed by atoms with van der Waals surface area (Å²) in [5, 5.41) is 10.0. The third kappa shape index (κ3) is 12.2. The van der Waals surface area contributed by atoms with Crippen LogP contribution in [0.5, 0.6) is 0 Å². The fraction of sp³-hybridized carbons (Fsp3) is 0.933. The van der Waals surface area contributed by atoms with Crippen LogP contribution in [-0.2, 0) is 4.74 Å². The highest BCUT2D eigenvalue weighted by Crippen LogP contribution is 2.20. The number of hydrogen-bond donors (Lipinski definition) is 3. The number of methoxy groups -OCH3 is 1. The van der Waals surface area contributed by atoms with Crippen LogP contribution in [0, 0.1) is 5.41 Å². The van der Waals surface area contributed by atoms with Gasteiger partial charge in [0.25, 0.3) is 0 Å². The molecular weight excluding hydrogens is 379 g/mol. The van der Waals surface area contributed by atoms with Crippen LogP contribution in [0.1, 0.15) is 41.5 Å². The molecule has 128 valence electrons. The van der Waals surface area contributed by atoms with Crippen LogP contribution in [0.4, 0.5) is 0 Å². The van der Waals surface area contributed by atoms with Crippen molar-refractivity contribution in [2.45, 2.75) is 53.2 Å². The molecule has 0 spiro atoms. The van der Waals surface area contributed by atoms with Gasteiger partial charge in [0.2, 0.25) is 0 Å². The predicted molar refractivity (Wildman–Crippen MR) is 103 cm³/mol. The Labute approximate surface area is 148 Å². The Hall–Kier alpha value is -0.0800. The summed E-state index contributed by atoms with van der Waals surface area (Å²) in [5.74, 6) is 0.812. The molecule has 0 aliphatic heterocycles. The Kier molecular flexibility index (Phi) is 11.7. The van der Waals surface area contributed by atoms with Crippen molar-refractivity contribution >= 4 is 29.9 Å². The van der Waals surface area contributed by atoms with Gasteiger partial charge in [-0.05, 0) is 26.2 Å². The molecule has 0 saturated heterocycles. The van der Waals surface area contributed by atoms with Crippen LogP contribution in [0.25, 0.3) is 0 Å². The number of aliphatic imine (C=N–C) groups is 1. The van der Waals surface area contributed by atoms with Gasteiger partial charge in [0.15, 0.2) is 5.96 Å². The molecule has 0 aromatic heterocycles. The molecule has 0 aromatic carbocycles. The molecule has 21 heavy (non-hydrogen) atoms. The minimum atomic E-state index is 0. The summed E-state index contributed by atoms with van der Waals surface area (Å²) in [7, 11) is 3.53. The number of nitrogens with zero attached hydrogens (tertiary/aromatic N) is 1. The van der Waals surface area contributed by atoms with Crippen molar-refractivity contribution in [2.75, 3.05) is 33.8 Å². The molecular formula is C15H35IN4O. The first kappa shape index (κ1) is 23.2. The van der Waals surface area contributed by atoms with Gasteiger partial charge in [-0.1, -0.05) is 20.8 Å². The average molecular weight is 414 g/mol. The second kappa shape index (κ2) is 10.6. The fourth-order valence-electron chi connectivity index (χ4n) is 1.77. The van der Waals surface area contributed by atoms with E-state index >= 15 is 0 Å². The van der Waals surface area contributed by atoms with Gasteiger partial charge in [0.05, 0.1) is 6.10 Å². The Bertz CT molecular complexity index is 295. The summed E-state index contributed by atoms with van der Waals surface area (Å²) >= 11 is 0. The second-order valence-corrected chi connectivity index (χ2v) is 7.15. The Morgan fingerprint density at radius 1 is 1.05 bits per heavy atom. The van der Waals surface area contributed by atoms with Crippen LogP contribution >= 0.6 is 24.0 Å². The lowest BCUT2D eigenvalue weighted by Gasteiger charge is -2.30. The van der Waals surface area contributed by atoms with E-state index in [1.807, 2.05) is 0 Å². The number of nitrogens with one attached hydrogen (secondary N) is 3. The van der Waals surface area contributed by atoms with Crippen LogP contribution in [-0.4, -0.2) is 51.4 Å². The number of guanidine groups is 1. The molecule has 0 rings (SSSR count). The predicted octanol–water partition coefficient (Wildman–Crippen LogP) is 2.22. The normalized spacial score (nSPS) is 14.4. The molecule has 0 fully saturated rings. The highest BCUT2D eigenvalue weighted by molar-refractivity contribution is 14.0. The maximum absolute atomic E-state index is 5.52. The number of halogens is 1. The van der Waals surface area contributed by atoms with Gasteiger partial charge >= 0.3 is 0 Å². The largest absolute Gasteiger partial charge is 0.379 e. The molecule has 0 saturated carbocycles. The van der Waals surface area contributed by atoms with E-state index in [1.165, 1.54) is 0 Å². The van der Waals surface area contributed by atoms with Gasteiger partial charge in [0.1, 0.15) is 0 Å². The quantitative estimate of drug-likeness (QED) is 0.270. The smallest absolute Gasteiger partial charge is 0.191 e. The van der Waals surface area contributed by atoms with Gasteiger partial charge in [-0.25, -0.2) is 0 Å². The van der Waals surface area contributed by atoms with Gasteiger partial charge < -0.3 is 20.7 Å². The number of hydrogen-bond acceptors (Lipinski definition) is 3. The Morgan fingerprint density at radius 2 is 1.62 bits per heavy atom. The van der Waals surface area contributed by atoms with Crippen molar-refractivity contribution in [1.29, 1.82) is 0 Å². The first-order valence-corrected chi connectivity index (χ1v) is 7.32.